The number of halogens is 3. The maximum Gasteiger partial charge on any atom is 0.416 e. The standard InChI is InChI=1S/C16H14F3NO3/c17-16(18,19)11-3-1-2-10(8-11)14-9-12(23-7-6-21)4-5-13(14)15(20)22/h1-5,8-9,21H,6-7H2,(H2,20,22). The van der Waals surface area contributed by atoms with Crippen molar-refractivity contribution < 1.29 is 27.8 Å². The lowest BCUT2D eigenvalue weighted by Crippen LogP contribution is -2.13. The van der Waals surface area contributed by atoms with Gasteiger partial charge in [-0.05, 0) is 41.5 Å². The molecule has 0 fully saturated rings. The van der Waals surface area contributed by atoms with E-state index >= 15 is 0 Å². The molecule has 0 spiro atoms. The van der Waals surface area contributed by atoms with Crippen molar-refractivity contribution in [1.82, 2.24) is 0 Å². The Morgan fingerprint density at radius 3 is 2.52 bits per heavy atom. The second-order valence-corrected chi connectivity index (χ2v) is 4.72. The fourth-order valence-corrected chi connectivity index (χ4v) is 2.09. The molecule has 0 radical (unpaired) electrons. The van der Waals surface area contributed by atoms with Gasteiger partial charge in [0.2, 0.25) is 5.91 Å². The highest BCUT2D eigenvalue weighted by molar-refractivity contribution is 6.00. The van der Waals surface area contributed by atoms with E-state index in [0.717, 1.165) is 12.1 Å². The summed E-state index contributed by atoms with van der Waals surface area (Å²) in [6.45, 7) is -0.186. The van der Waals surface area contributed by atoms with Gasteiger partial charge in [-0.1, -0.05) is 12.1 Å². The highest BCUT2D eigenvalue weighted by Crippen LogP contribution is 2.34. The van der Waals surface area contributed by atoms with E-state index in [9.17, 15) is 18.0 Å². The van der Waals surface area contributed by atoms with Crippen LogP contribution in [0.4, 0.5) is 13.2 Å². The molecule has 122 valence electrons. The van der Waals surface area contributed by atoms with Crippen molar-refractivity contribution in [3.8, 4) is 16.9 Å². The Hall–Kier alpha value is -2.54. The zero-order chi connectivity index (χ0) is 17.0. The molecule has 0 aliphatic rings. The minimum Gasteiger partial charge on any atom is -0.491 e. The molecule has 3 N–H and O–H groups in total. The van der Waals surface area contributed by atoms with Crippen LogP contribution in [0.25, 0.3) is 11.1 Å². The second kappa shape index (κ2) is 6.70. The molecule has 1 amide bonds. The van der Waals surface area contributed by atoms with Crippen LogP contribution in [0.1, 0.15) is 15.9 Å². The van der Waals surface area contributed by atoms with Gasteiger partial charge in [0.05, 0.1) is 12.2 Å². The maximum absolute atomic E-state index is 12.8. The van der Waals surface area contributed by atoms with Gasteiger partial charge in [-0.2, -0.15) is 13.2 Å². The Kier molecular flexibility index (Phi) is 4.90. The lowest BCUT2D eigenvalue weighted by Gasteiger charge is -2.13. The average molecular weight is 325 g/mol. The first-order valence-electron chi connectivity index (χ1n) is 6.68. The summed E-state index contributed by atoms with van der Waals surface area (Å²) in [5, 5.41) is 8.76. The lowest BCUT2D eigenvalue weighted by atomic mass is 9.97. The molecular weight excluding hydrogens is 311 g/mol. The van der Waals surface area contributed by atoms with Crippen LogP contribution in [0, 0.1) is 0 Å². The van der Waals surface area contributed by atoms with Crippen LogP contribution < -0.4 is 10.5 Å². The molecule has 0 heterocycles. The van der Waals surface area contributed by atoms with E-state index in [1.54, 1.807) is 0 Å². The molecule has 2 rings (SSSR count). The lowest BCUT2D eigenvalue weighted by molar-refractivity contribution is -0.137. The Bertz CT molecular complexity index is 714. The number of carbonyl (C=O) groups excluding carboxylic acids is 1. The number of aliphatic hydroxyl groups is 1. The Morgan fingerprint density at radius 2 is 1.91 bits per heavy atom. The van der Waals surface area contributed by atoms with Crippen molar-refractivity contribution in [3.05, 3.63) is 53.6 Å². The van der Waals surface area contributed by atoms with Gasteiger partial charge in [0, 0.05) is 5.56 Å². The third-order valence-corrected chi connectivity index (χ3v) is 3.12. The third-order valence-electron chi connectivity index (χ3n) is 3.12. The number of benzene rings is 2. The Labute approximate surface area is 130 Å². The fourth-order valence-electron chi connectivity index (χ4n) is 2.09. The minimum atomic E-state index is -4.49. The largest absolute Gasteiger partial charge is 0.491 e. The summed E-state index contributed by atoms with van der Waals surface area (Å²) in [6.07, 6.45) is -4.49. The number of ether oxygens (including phenoxy) is 1. The van der Waals surface area contributed by atoms with E-state index in [0.29, 0.717) is 5.75 Å². The molecule has 0 aliphatic heterocycles. The van der Waals surface area contributed by atoms with Gasteiger partial charge in [-0.15, -0.1) is 0 Å². The van der Waals surface area contributed by atoms with E-state index in [4.69, 9.17) is 15.6 Å². The smallest absolute Gasteiger partial charge is 0.416 e. The number of amides is 1. The maximum atomic E-state index is 12.8. The summed E-state index contributed by atoms with van der Waals surface area (Å²) in [5.41, 5.74) is 4.97. The summed E-state index contributed by atoms with van der Waals surface area (Å²) in [7, 11) is 0. The first kappa shape index (κ1) is 16.8. The molecule has 23 heavy (non-hydrogen) atoms. The first-order valence-corrected chi connectivity index (χ1v) is 6.68. The summed E-state index contributed by atoms with van der Waals surface area (Å²) >= 11 is 0. The molecule has 0 unspecified atom stereocenters. The number of rotatable bonds is 5. The fraction of sp³-hybridized carbons (Fsp3) is 0.188. The van der Waals surface area contributed by atoms with Gasteiger partial charge in [-0.25, -0.2) is 0 Å². The monoisotopic (exact) mass is 325 g/mol. The zero-order valence-corrected chi connectivity index (χ0v) is 11.9. The number of aliphatic hydroxyl groups excluding tert-OH is 1. The molecule has 2 aromatic rings. The molecule has 0 bridgehead atoms. The molecular formula is C16H14F3NO3. The molecule has 0 saturated carbocycles. The highest BCUT2D eigenvalue weighted by atomic mass is 19.4. The van der Waals surface area contributed by atoms with E-state index in [1.165, 1.54) is 30.3 Å². The number of hydrogen-bond donors (Lipinski definition) is 2. The second-order valence-electron chi connectivity index (χ2n) is 4.72. The van der Waals surface area contributed by atoms with Crippen molar-refractivity contribution >= 4 is 5.91 Å². The summed E-state index contributed by atoms with van der Waals surface area (Å²) in [6, 6.07) is 8.86. The first-order chi connectivity index (χ1) is 10.8. The van der Waals surface area contributed by atoms with Gasteiger partial charge in [0.1, 0.15) is 12.4 Å². The number of carbonyl (C=O) groups is 1. The van der Waals surface area contributed by atoms with Crippen LogP contribution >= 0.6 is 0 Å². The molecule has 0 saturated heterocycles. The molecule has 0 aliphatic carbocycles. The average Bonchev–Trinajstić information content (AvgIpc) is 2.52. The SMILES string of the molecule is NC(=O)c1ccc(OCCO)cc1-c1cccc(C(F)(F)F)c1. The minimum absolute atomic E-state index is 0.0257. The zero-order valence-electron chi connectivity index (χ0n) is 11.9. The summed E-state index contributed by atoms with van der Waals surface area (Å²) < 4.78 is 43.8. The van der Waals surface area contributed by atoms with Crippen LogP contribution in [-0.2, 0) is 6.18 Å². The third kappa shape index (κ3) is 4.01. The van der Waals surface area contributed by atoms with E-state index < -0.39 is 17.6 Å². The van der Waals surface area contributed by atoms with Crippen LogP contribution in [0.3, 0.4) is 0 Å². The van der Waals surface area contributed by atoms with Gasteiger partial charge in [0.15, 0.2) is 0 Å². The van der Waals surface area contributed by atoms with Crippen molar-refractivity contribution in [2.24, 2.45) is 5.73 Å². The van der Waals surface area contributed by atoms with E-state index in [1.807, 2.05) is 0 Å². The van der Waals surface area contributed by atoms with Crippen LogP contribution in [-0.4, -0.2) is 24.2 Å². The predicted octanol–water partition coefficient (Wildman–Crippen LogP) is 2.84. The molecule has 4 nitrogen and oxygen atoms in total. The molecule has 0 atom stereocenters. The van der Waals surface area contributed by atoms with Gasteiger partial charge >= 0.3 is 6.18 Å². The normalized spacial score (nSPS) is 11.3. The van der Waals surface area contributed by atoms with Crippen LogP contribution in [0.15, 0.2) is 42.5 Å². The van der Waals surface area contributed by atoms with Gasteiger partial charge in [0.25, 0.3) is 0 Å². The van der Waals surface area contributed by atoms with Crippen LogP contribution in [0.2, 0.25) is 0 Å². The van der Waals surface area contributed by atoms with E-state index in [2.05, 4.69) is 0 Å². The molecule has 0 aromatic heterocycles. The van der Waals surface area contributed by atoms with E-state index in [-0.39, 0.29) is 29.9 Å². The topological polar surface area (TPSA) is 72.6 Å². The molecule has 7 heteroatoms. The summed E-state index contributed by atoms with van der Waals surface area (Å²) in [4.78, 5) is 11.5. The number of primary amides is 1. The molecule has 2 aromatic carbocycles. The quantitative estimate of drug-likeness (QED) is 0.888. The van der Waals surface area contributed by atoms with Crippen molar-refractivity contribution in [1.29, 1.82) is 0 Å². The number of alkyl halides is 3. The van der Waals surface area contributed by atoms with Gasteiger partial charge < -0.3 is 15.6 Å². The Balaban J connectivity index is 2.53. The highest BCUT2D eigenvalue weighted by Gasteiger charge is 2.30. The van der Waals surface area contributed by atoms with Crippen molar-refractivity contribution in [3.63, 3.8) is 0 Å². The number of hydrogen-bond acceptors (Lipinski definition) is 3. The Morgan fingerprint density at radius 1 is 1.17 bits per heavy atom. The van der Waals surface area contributed by atoms with Gasteiger partial charge in [-0.3, -0.25) is 4.79 Å². The predicted molar refractivity (Wildman–Crippen MR) is 78.0 cm³/mol. The summed E-state index contributed by atoms with van der Waals surface area (Å²) in [5.74, 6) is -0.442. The van der Waals surface area contributed by atoms with Crippen LogP contribution in [0.5, 0.6) is 5.75 Å². The van der Waals surface area contributed by atoms with Crippen molar-refractivity contribution in [2.45, 2.75) is 6.18 Å². The van der Waals surface area contributed by atoms with Crippen molar-refractivity contribution in [2.75, 3.05) is 13.2 Å². The number of nitrogens with two attached hydrogens (primary N) is 1.